The van der Waals surface area contributed by atoms with E-state index in [0.29, 0.717) is 41.4 Å². The van der Waals surface area contributed by atoms with Crippen LogP contribution in [0.2, 0.25) is 0 Å². The summed E-state index contributed by atoms with van der Waals surface area (Å²) in [6, 6.07) is 44.6. The largest absolute Gasteiger partial charge is 0.350 e. The van der Waals surface area contributed by atoms with Crippen molar-refractivity contribution in [1.29, 1.82) is 0 Å². The van der Waals surface area contributed by atoms with Crippen molar-refractivity contribution >= 4 is 42.9 Å². The lowest BCUT2D eigenvalue weighted by atomic mass is 9.52. The molecule has 2 N–H and O–H groups in total. The van der Waals surface area contributed by atoms with E-state index >= 15 is 0 Å². The Morgan fingerprint density at radius 3 is 2.02 bits per heavy atom. The van der Waals surface area contributed by atoms with Gasteiger partial charge in [0.25, 0.3) is 0 Å². The first-order chi connectivity index (χ1) is 30.2. The Kier molecular flexibility index (Phi) is 9.15. The summed E-state index contributed by atoms with van der Waals surface area (Å²) < 4.78 is 2.77. The van der Waals surface area contributed by atoms with Gasteiger partial charge in [-0.25, -0.2) is 4.99 Å². The SMILES string of the molecule is C1=CCC(c2cccc3c2sc2ccc(C4=CC(C5=NC(c6ccccc6)NC(c6ccc(-c7ccccc7)cc6)N5)=CC5C6C=CC=CC6C6C=CC=CC6C45)cc23)C=C1. The highest BCUT2D eigenvalue weighted by Gasteiger charge is 2.50. The molecule has 0 bridgehead atoms. The molecule has 12 rings (SSSR count). The van der Waals surface area contributed by atoms with Crippen molar-refractivity contribution in [3.05, 3.63) is 234 Å². The topological polar surface area (TPSA) is 36.4 Å². The van der Waals surface area contributed by atoms with Crippen LogP contribution in [0.5, 0.6) is 0 Å². The number of amidine groups is 1. The first kappa shape index (κ1) is 36.5. The first-order valence-electron chi connectivity index (χ1n) is 22.0. The molecular formula is C57H47N3S. The monoisotopic (exact) mass is 805 g/mol. The lowest BCUT2D eigenvalue weighted by Crippen LogP contribution is -2.48. The molecule has 0 radical (unpaired) electrons. The van der Waals surface area contributed by atoms with Gasteiger partial charge in [-0.1, -0.05) is 188 Å². The maximum absolute atomic E-state index is 5.52. The fourth-order valence-corrected chi connectivity index (χ4v) is 12.4. The molecule has 0 amide bonds. The number of benzene rings is 5. The molecule has 0 spiro atoms. The van der Waals surface area contributed by atoms with E-state index < -0.39 is 0 Å². The van der Waals surface area contributed by atoms with Gasteiger partial charge in [-0.3, -0.25) is 5.32 Å². The Labute approximate surface area is 362 Å². The van der Waals surface area contributed by atoms with Crippen molar-refractivity contribution in [2.24, 2.45) is 40.5 Å². The van der Waals surface area contributed by atoms with Gasteiger partial charge in [0.15, 0.2) is 0 Å². The molecule has 9 unspecified atom stereocenters. The summed E-state index contributed by atoms with van der Waals surface area (Å²) in [6.45, 7) is 0. The van der Waals surface area contributed by atoms with Crippen LogP contribution in [-0.2, 0) is 0 Å². The van der Waals surface area contributed by atoms with Crippen LogP contribution >= 0.6 is 11.3 Å². The van der Waals surface area contributed by atoms with E-state index in [1.54, 1.807) is 0 Å². The predicted molar refractivity (Wildman–Crippen MR) is 256 cm³/mol. The molecule has 5 aromatic carbocycles. The molecule has 6 aromatic rings. The van der Waals surface area contributed by atoms with Crippen molar-refractivity contribution in [1.82, 2.24) is 10.6 Å². The summed E-state index contributed by atoms with van der Waals surface area (Å²) in [5, 5.41) is 10.5. The van der Waals surface area contributed by atoms with Crippen molar-refractivity contribution in [3.63, 3.8) is 0 Å². The van der Waals surface area contributed by atoms with E-state index in [-0.39, 0.29) is 12.3 Å². The second-order valence-corrected chi connectivity index (χ2v) is 18.4. The molecule has 1 aliphatic heterocycles. The molecule has 1 aromatic heterocycles. The molecule has 1 saturated carbocycles. The minimum absolute atomic E-state index is 0.136. The number of hydrogen-bond donors (Lipinski definition) is 2. The van der Waals surface area contributed by atoms with Gasteiger partial charge in [0.1, 0.15) is 18.2 Å². The molecule has 6 aliphatic rings. The Hall–Kier alpha value is -6.33. The summed E-state index contributed by atoms with van der Waals surface area (Å²) in [5.41, 5.74) is 10.1. The van der Waals surface area contributed by atoms with Crippen LogP contribution in [0.25, 0.3) is 36.9 Å². The molecule has 296 valence electrons. The lowest BCUT2D eigenvalue weighted by molar-refractivity contribution is 0.126. The summed E-state index contributed by atoms with van der Waals surface area (Å²) in [4.78, 5) is 5.52. The summed E-state index contributed by atoms with van der Waals surface area (Å²) in [6.07, 6.45) is 33.9. The quantitative estimate of drug-likeness (QED) is 0.176. The van der Waals surface area contributed by atoms with Gasteiger partial charge in [0.2, 0.25) is 0 Å². The zero-order chi connectivity index (χ0) is 40.3. The number of nitrogens with one attached hydrogen (secondary N) is 2. The summed E-state index contributed by atoms with van der Waals surface area (Å²) in [7, 11) is 0. The average Bonchev–Trinajstić information content (AvgIpc) is 3.73. The van der Waals surface area contributed by atoms with Gasteiger partial charge in [-0.05, 0) is 99.1 Å². The van der Waals surface area contributed by atoms with Crippen molar-refractivity contribution in [2.45, 2.75) is 24.7 Å². The van der Waals surface area contributed by atoms with Crippen molar-refractivity contribution in [2.75, 3.05) is 0 Å². The molecule has 3 nitrogen and oxygen atoms in total. The van der Waals surface area contributed by atoms with Crippen molar-refractivity contribution < 1.29 is 0 Å². The van der Waals surface area contributed by atoms with E-state index in [9.17, 15) is 0 Å². The third-order valence-electron chi connectivity index (χ3n) is 14.0. The maximum atomic E-state index is 5.52. The van der Waals surface area contributed by atoms with E-state index in [2.05, 4.69) is 217 Å². The van der Waals surface area contributed by atoms with Crippen LogP contribution in [0.15, 0.2) is 217 Å². The summed E-state index contributed by atoms with van der Waals surface area (Å²) >= 11 is 1.95. The molecule has 0 saturated heterocycles. The number of fused-ring (bicyclic) bond motifs is 9. The van der Waals surface area contributed by atoms with Crippen molar-refractivity contribution in [3.8, 4) is 11.1 Å². The standard InChI is InChI=1S/C57H47N3S/c1-4-15-36(16-5-1)37-27-29-40(30-28-37)56-58-55(39-19-8-3-9-20-39)59-57(60-56)42-34-49(53-47-24-13-12-22-45(47)44-21-10-11-23-46(44)51(53)35-42)41-31-32-52-50(33-41)48-26-14-25-43(54(48)61-52)38-17-6-2-7-18-38/h1-17,19-35,38,44-47,51,53,55-56,58H,18H2,(H,59,60). The second kappa shape index (κ2) is 15.3. The number of allylic oxidation sites excluding steroid dienone is 14. The molecule has 61 heavy (non-hydrogen) atoms. The molecular weight excluding hydrogens is 759 g/mol. The molecule has 5 aliphatic carbocycles. The Balaban J connectivity index is 0.994. The highest BCUT2D eigenvalue weighted by atomic mass is 32.1. The summed E-state index contributed by atoms with van der Waals surface area (Å²) in [5.74, 6) is 3.62. The lowest BCUT2D eigenvalue weighted by Gasteiger charge is -2.52. The maximum Gasteiger partial charge on any atom is 0.131 e. The third-order valence-corrected chi connectivity index (χ3v) is 15.3. The second-order valence-electron chi connectivity index (χ2n) is 17.4. The van der Waals surface area contributed by atoms with Crippen LogP contribution in [0, 0.1) is 35.5 Å². The van der Waals surface area contributed by atoms with E-state index in [1.165, 1.54) is 59.1 Å². The van der Waals surface area contributed by atoms with Crippen LogP contribution in [0.1, 0.15) is 46.9 Å². The molecule has 9 atom stereocenters. The Bertz CT molecular complexity index is 2940. The van der Waals surface area contributed by atoms with Crippen LogP contribution in [0.4, 0.5) is 0 Å². The number of rotatable bonds is 6. The van der Waals surface area contributed by atoms with E-state index in [1.807, 2.05) is 11.3 Å². The molecule has 2 heterocycles. The highest BCUT2D eigenvalue weighted by Crippen LogP contribution is 2.57. The smallest absolute Gasteiger partial charge is 0.131 e. The van der Waals surface area contributed by atoms with Crippen LogP contribution in [0.3, 0.4) is 0 Å². The van der Waals surface area contributed by atoms with Gasteiger partial charge in [0.05, 0.1) is 0 Å². The number of nitrogens with zero attached hydrogens (tertiary/aromatic N) is 1. The molecule has 1 fully saturated rings. The van der Waals surface area contributed by atoms with E-state index in [0.717, 1.165) is 17.8 Å². The predicted octanol–water partition coefficient (Wildman–Crippen LogP) is 13.6. The highest BCUT2D eigenvalue weighted by molar-refractivity contribution is 7.26. The normalized spacial score (nSPS) is 28.4. The first-order valence-corrected chi connectivity index (χ1v) is 22.8. The minimum atomic E-state index is -0.212. The zero-order valence-corrected chi connectivity index (χ0v) is 34.7. The molecule has 4 heteroatoms. The van der Waals surface area contributed by atoms with Gasteiger partial charge in [-0.2, -0.15) is 0 Å². The number of hydrogen-bond acceptors (Lipinski definition) is 4. The Morgan fingerprint density at radius 1 is 0.557 bits per heavy atom. The third kappa shape index (κ3) is 6.48. The number of thiophene rings is 1. The number of aliphatic imine (C=N–C) groups is 1. The average molecular weight is 806 g/mol. The van der Waals surface area contributed by atoms with Gasteiger partial charge in [-0.15, -0.1) is 11.3 Å². The van der Waals surface area contributed by atoms with Crippen LogP contribution < -0.4 is 10.6 Å². The van der Waals surface area contributed by atoms with Gasteiger partial charge >= 0.3 is 0 Å². The fourth-order valence-electron chi connectivity index (χ4n) is 11.1. The minimum Gasteiger partial charge on any atom is -0.350 e. The van der Waals surface area contributed by atoms with Crippen LogP contribution in [-0.4, -0.2) is 5.84 Å². The zero-order valence-electron chi connectivity index (χ0n) is 33.9. The van der Waals surface area contributed by atoms with Gasteiger partial charge in [0, 0.05) is 31.7 Å². The van der Waals surface area contributed by atoms with E-state index in [4.69, 9.17) is 4.99 Å². The fraction of sp³-hybridized carbons (Fsp3) is 0.175. The van der Waals surface area contributed by atoms with Gasteiger partial charge < -0.3 is 5.32 Å². The Morgan fingerprint density at radius 2 is 1.25 bits per heavy atom.